The number of nitrogens with zero attached hydrogens (tertiary/aromatic N) is 3. The van der Waals surface area contributed by atoms with Crippen LogP contribution < -0.4 is 0 Å². The van der Waals surface area contributed by atoms with Crippen LogP contribution in [0.1, 0.15) is 25.0 Å². The summed E-state index contributed by atoms with van der Waals surface area (Å²) >= 11 is 0. The van der Waals surface area contributed by atoms with Gasteiger partial charge in [-0.2, -0.15) is 0 Å². The third-order valence-corrected chi connectivity index (χ3v) is 9.72. The summed E-state index contributed by atoms with van der Waals surface area (Å²) in [6.45, 7) is 4.60. The molecule has 3 heterocycles. The maximum absolute atomic E-state index is 6.32. The van der Waals surface area contributed by atoms with Crippen molar-refractivity contribution < 1.29 is 8.83 Å². The first-order chi connectivity index (χ1) is 23.0. The zero-order valence-corrected chi connectivity index (χ0v) is 25.8. The number of para-hydroxylation sites is 2. The Hall–Kier alpha value is -6.07. The molecule has 1 aliphatic rings. The van der Waals surface area contributed by atoms with E-state index in [4.69, 9.17) is 23.8 Å². The fraction of sp³-hybridized carbons (Fsp3) is 0.0714. The molecule has 0 spiro atoms. The van der Waals surface area contributed by atoms with Gasteiger partial charge >= 0.3 is 0 Å². The molecule has 1 aliphatic carbocycles. The quantitative estimate of drug-likeness (QED) is 0.200. The van der Waals surface area contributed by atoms with E-state index < -0.39 is 0 Å². The van der Waals surface area contributed by atoms with Crippen molar-refractivity contribution in [1.82, 2.24) is 15.0 Å². The van der Waals surface area contributed by atoms with Crippen LogP contribution in [-0.2, 0) is 5.41 Å². The number of furan rings is 2. The van der Waals surface area contributed by atoms with Crippen molar-refractivity contribution in [2.45, 2.75) is 19.3 Å². The summed E-state index contributed by atoms with van der Waals surface area (Å²) in [7, 11) is 0. The normalized spacial score (nSPS) is 13.5. The predicted octanol–water partition coefficient (Wildman–Crippen LogP) is 11.0. The smallest absolute Gasteiger partial charge is 0.164 e. The molecule has 3 aromatic heterocycles. The average molecular weight is 606 g/mol. The van der Waals surface area contributed by atoms with Crippen LogP contribution in [-0.4, -0.2) is 15.0 Å². The number of fused-ring (bicyclic) bond motifs is 10. The first kappa shape index (κ1) is 26.2. The van der Waals surface area contributed by atoms with Crippen molar-refractivity contribution in [3.8, 4) is 45.3 Å². The van der Waals surface area contributed by atoms with Crippen molar-refractivity contribution in [1.29, 1.82) is 0 Å². The monoisotopic (exact) mass is 605 g/mol. The molecule has 222 valence electrons. The molecule has 9 aromatic rings. The van der Waals surface area contributed by atoms with Crippen molar-refractivity contribution in [2.75, 3.05) is 0 Å². The number of rotatable bonds is 3. The summed E-state index contributed by atoms with van der Waals surface area (Å²) in [5.74, 6) is 1.91. The van der Waals surface area contributed by atoms with E-state index in [2.05, 4.69) is 68.4 Å². The van der Waals surface area contributed by atoms with Crippen molar-refractivity contribution in [3.05, 3.63) is 139 Å². The molecule has 0 N–H and O–H groups in total. The van der Waals surface area contributed by atoms with E-state index in [-0.39, 0.29) is 5.41 Å². The van der Waals surface area contributed by atoms with E-state index in [9.17, 15) is 0 Å². The van der Waals surface area contributed by atoms with Gasteiger partial charge in [-0.3, -0.25) is 0 Å². The fourth-order valence-electron chi connectivity index (χ4n) is 7.58. The fourth-order valence-corrected chi connectivity index (χ4v) is 7.58. The van der Waals surface area contributed by atoms with Crippen LogP contribution in [0.4, 0.5) is 0 Å². The summed E-state index contributed by atoms with van der Waals surface area (Å²) in [6, 6.07) is 43.6. The molecule has 0 fully saturated rings. The lowest BCUT2D eigenvalue weighted by Crippen LogP contribution is -2.17. The van der Waals surface area contributed by atoms with E-state index in [1.54, 1.807) is 0 Å². The molecule has 0 aliphatic heterocycles. The number of hydrogen-bond acceptors (Lipinski definition) is 5. The van der Waals surface area contributed by atoms with Gasteiger partial charge in [0.25, 0.3) is 0 Å². The average Bonchev–Trinajstić information content (AvgIpc) is 3.76. The van der Waals surface area contributed by atoms with Crippen LogP contribution in [0.2, 0.25) is 0 Å². The Kier molecular flexibility index (Phi) is 5.28. The Balaban J connectivity index is 1.23. The highest BCUT2D eigenvalue weighted by Gasteiger charge is 2.40. The van der Waals surface area contributed by atoms with Crippen molar-refractivity contribution in [2.24, 2.45) is 0 Å². The molecule has 0 amide bonds. The predicted molar refractivity (Wildman–Crippen MR) is 188 cm³/mol. The molecule has 0 saturated carbocycles. The van der Waals surface area contributed by atoms with Gasteiger partial charge < -0.3 is 8.83 Å². The van der Waals surface area contributed by atoms with Crippen LogP contribution in [0, 0.1) is 0 Å². The topological polar surface area (TPSA) is 65.0 Å². The lowest BCUT2D eigenvalue weighted by molar-refractivity contribution is 0.657. The Bertz CT molecular complexity index is 2720. The molecule has 10 rings (SSSR count). The third-order valence-electron chi connectivity index (χ3n) is 9.72. The minimum Gasteiger partial charge on any atom is -0.456 e. The second kappa shape index (κ2) is 9.47. The highest BCUT2D eigenvalue weighted by molar-refractivity contribution is 6.15. The Morgan fingerprint density at radius 1 is 0.468 bits per heavy atom. The molecular weight excluding hydrogens is 578 g/mol. The van der Waals surface area contributed by atoms with Gasteiger partial charge in [0.05, 0.1) is 0 Å². The Morgan fingerprint density at radius 2 is 1.09 bits per heavy atom. The molecule has 0 atom stereocenters. The van der Waals surface area contributed by atoms with Gasteiger partial charge in [-0.1, -0.05) is 105 Å². The molecule has 6 aromatic carbocycles. The largest absolute Gasteiger partial charge is 0.456 e. The lowest BCUT2D eigenvalue weighted by atomic mass is 9.80. The summed E-state index contributed by atoms with van der Waals surface area (Å²) in [5, 5.41) is 4.39. The summed E-state index contributed by atoms with van der Waals surface area (Å²) < 4.78 is 12.4. The molecule has 0 bridgehead atoms. The van der Waals surface area contributed by atoms with E-state index in [0.29, 0.717) is 17.5 Å². The highest BCUT2D eigenvalue weighted by Crippen LogP contribution is 2.55. The zero-order chi connectivity index (χ0) is 31.3. The number of hydrogen-bond donors (Lipinski definition) is 0. The minimum atomic E-state index is -0.303. The molecule has 0 saturated heterocycles. The Morgan fingerprint density at radius 3 is 1.91 bits per heavy atom. The van der Waals surface area contributed by atoms with Gasteiger partial charge in [0.2, 0.25) is 0 Å². The minimum absolute atomic E-state index is 0.303. The lowest BCUT2D eigenvalue weighted by Gasteiger charge is -2.24. The Labute approximate surface area is 270 Å². The van der Waals surface area contributed by atoms with E-state index >= 15 is 0 Å². The SMILES string of the molecule is CC1(C)c2ccc3oc4ccccc4c3c2-c2cccc(-c3nc(-c4ccccc4)nc(-c4ccc5oc6ccccc6c5c4)n3)c21. The third kappa shape index (κ3) is 3.74. The summed E-state index contributed by atoms with van der Waals surface area (Å²) in [6.07, 6.45) is 0. The zero-order valence-electron chi connectivity index (χ0n) is 25.8. The van der Waals surface area contributed by atoms with E-state index in [1.807, 2.05) is 72.8 Å². The second-order valence-electron chi connectivity index (χ2n) is 12.8. The van der Waals surface area contributed by atoms with Gasteiger partial charge in [0.1, 0.15) is 22.3 Å². The van der Waals surface area contributed by atoms with Gasteiger partial charge in [-0.05, 0) is 58.7 Å². The molecule has 47 heavy (non-hydrogen) atoms. The van der Waals surface area contributed by atoms with Crippen LogP contribution in [0.25, 0.3) is 89.2 Å². The van der Waals surface area contributed by atoms with Crippen molar-refractivity contribution in [3.63, 3.8) is 0 Å². The first-order valence-corrected chi connectivity index (χ1v) is 15.9. The van der Waals surface area contributed by atoms with Crippen LogP contribution >= 0.6 is 0 Å². The van der Waals surface area contributed by atoms with E-state index in [0.717, 1.165) is 60.6 Å². The van der Waals surface area contributed by atoms with Crippen molar-refractivity contribution >= 4 is 43.9 Å². The summed E-state index contributed by atoms with van der Waals surface area (Å²) in [4.78, 5) is 15.4. The second-order valence-corrected chi connectivity index (χ2v) is 12.8. The van der Waals surface area contributed by atoms with E-state index in [1.165, 1.54) is 22.3 Å². The molecule has 0 radical (unpaired) electrons. The molecule has 5 heteroatoms. The highest BCUT2D eigenvalue weighted by atomic mass is 16.3. The van der Waals surface area contributed by atoms with Gasteiger partial charge in [0, 0.05) is 43.7 Å². The van der Waals surface area contributed by atoms with Gasteiger partial charge in [0.15, 0.2) is 17.5 Å². The maximum Gasteiger partial charge on any atom is 0.164 e. The summed E-state index contributed by atoms with van der Waals surface area (Å²) in [5.41, 5.74) is 10.9. The number of aromatic nitrogens is 3. The van der Waals surface area contributed by atoms with Crippen LogP contribution in [0.5, 0.6) is 0 Å². The molecule has 5 nitrogen and oxygen atoms in total. The molecular formula is C42H27N3O2. The van der Waals surface area contributed by atoms with Gasteiger partial charge in [-0.15, -0.1) is 0 Å². The van der Waals surface area contributed by atoms with Gasteiger partial charge in [-0.25, -0.2) is 15.0 Å². The van der Waals surface area contributed by atoms with Crippen LogP contribution in [0.15, 0.2) is 136 Å². The van der Waals surface area contributed by atoms with Crippen LogP contribution in [0.3, 0.4) is 0 Å². The number of benzene rings is 6. The maximum atomic E-state index is 6.32. The first-order valence-electron chi connectivity index (χ1n) is 15.9. The molecule has 0 unspecified atom stereocenters. The standard InChI is InChI=1S/C42H27N3O2/c1-42(2)31-20-22-35-37(27-14-7-9-18-33(27)47-35)36(31)28-15-10-16-29(38(28)42)41-44-39(24-11-4-3-5-12-24)43-40(45-41)25-19-21-34-30(23-25)26-13-6-8-17-32(26)46-34/h3-23H,1-2H3.